The van der Waals surface area contributed by atoms with Gasteiger partial charge in [0.15, 0.2) is 6.29 Å². The first kappa shape index (κ1) is 34.0. The minimum Gasteiger partial charge on any atom is -0.467 e. The zero-order valence-electron chi connectivity index (χ0n) is 23.9. The molecule has 1 aliphatic carbocycles. The molecule has 14 N–H and O–H groups in total. The molecular weight excluding hydrogens is 540 g/mol. The molecule has 0 aromatic carbocycles. The number of carbonyl (C=O) groups is 1. The van der Waals surface area contributed by atoms with Crippen molar-refractivity contribution in [2.75, 3.05) is 32.8 Å². The molecule has 3 rings (SSSR count). The molecule has 1 saturated carbocycles. The predicted molar refractivity (Wildman–Crippen MR) is 148 cm³/mol. The van der Waals surface area contributed by atoms with Crippen molar-refractivity contribution in [2.24, 2.45) is 28.9 Å². The Kier molecular flexibility index (Phi) is 12.7. The van der Waals surface area contributed by atoms with Gasteiger partial charge in [-0.1, -0.05) is 6.92 Å². The van der Waals surface area contributed by atoms with Crippen LogP contribution >= 0.6 is 0 Å². The molecule has 3 aliphatic rings. The van der Waals surface area contributed by atoms with E-state index in [0.29, 0.717) is 31.7 Å². The Balaban J connectivity index is 1.77. The van der Waals surface area contributed by atoms with E-state index in [1.54, 1.807) is 6.92 Å². The van der Waals surface area contributed by atoms with Gasteiger partial charge in [-0.25, -0.2) is 0 Å². The first-order valence-corrected chi connectivity index (χ1v) is 14.4. The second-order valence-electron chi connectivity index (χ2n) is 11.4. The minimum absolute atomic E-state index is 0.0818. The summed E-state index contributed by atoms with van der Waals surface area (Å²) < 4.78 is 23.9. The molecule has 0 bridgehead atoms. The van der Waals surface area contributed by atoms with Crippen molar-refractivity contribution in [3.8, 4) is 0 Å². The Labute approximate surface area is 240 Å². The third-order valence-electron chi connectivity index (χ3n) is 8.02. The molecule has 0 radical (unpaired) electrons. The molecule has 1 saturated heterocycles. The van der Waals surface area contributed by atoms with E-state index in [0.717, 1.165) is 13.0 Å². The predicted octanol–water partition coefficient (Wildman–Crippen LogP) is -3.96. The highest BCUT2D eigenvalue weighted by atomic mass is 16.7. The summed E-state index contributed by atoms with van der Waals surface area (Å²) in [6.07, 6.45) is -4.80. The van der Waals surface area contributed by atoms with Crippen LogP contribution in [-0.2, 0) is 23.7 Å². The van der Waals surface area contributed by atoms with Crippen molar-refractivity contribution in [3.05, 3.63) is 11.8 Å². The summed E-state index contributed by atoms with van der Waals surface area (Å²) >= 11 is 0. The van der Waals surface area contributed by atoms with Crippen molar-refractivity contribution < 1.29 is 44.2 Å². The fraction of sp³-hybridized carbons (Fsp3) is 0.885. The number of amides is 1. The quantitative estimate of drug-likeness (QED) is 0.0918. The molecule has 238 valence electrons. The van der Waals surface area contributed by atoms with E-state index in [-0.39, 0.29) is 19.6 Å². The summed E-state index contributed by atoms with van der Waals surface area (Å²) in [6.45, 7) is 4.71. The van der Waals surface area contributed by atoms with E-state index >= 15 is 0 Å². The highest BCUT2D eigenvalue weighted by Crippen LogP contribution is 2.35. The first-order valence-electron chi connectivity index (χ1n) is 14.4. The van der Waals surface area contributed by atoms with Crippen molar-refractivity contribution in [3.63, 3.8) is 0 Å². The number of hydrogen-bond donors (Lipinski definition) is 10. The van der Waals surface area contributed by atoms with Gasteiger partial charge >= 0.3 is 0 Å². The maximum atomic E-state index is 12.5. The molecule has 15 nitrogen and oxygen atoms in total. The van der Waals surface area contributed by atoms with Gasteiger partial charge in [0, 0.05) is 18.5 Å². The summed E-state index contributed by atoms with van der Waals surface area (Å²) in [5, 5.41) is 49.0. The van der Waals surface area contributed by atoms with Crippen molar-refractivity contribution >= 4 is 5.91 Å². The molecule has 0 unspecified atom stereocenters. The Bertz CT molecular complexity index is 867. The summed E-state index contributed by atoms with van der Waals surface area (Å²) in [6, 6.07) is -2.22. The van der Waals surface area contributed by atoms with Gasteiger partial charge < -0.3 is 72.9 Å². The van der Waals surface area contributed by atoms with Gasteiger partial charge in [-0.15, -0.1) is 0 Å². The Morgan fingerprint density at radius 2 is 1.88 bits per heavy atom. The van der Waals surface area contributed by atoms with Crippen LogP contribution in [0, 0.1) is 5.92 Å². The van der Waals surface area contributed by atoms with E-state index in [9.17, 15) is 25.2 Å². The van der Waals surface area contributed by atoms with Crippen LogP contribution in [0.3, 0.4) is 0 Å². The van der Waals surface area contributed by atoms with E-state index in [2.05, 4.69) is 10.6 Å². The number of ether oxygens (including phenoxy) is 4. The molecule has 0 aromatic heterocycles. The van der Waals surface area contributed by atoms with E-state index < -0.39 is 78.7 Å². The largest absolute Gasteiger partial charge is 0.467 e. The number of nitrogens with two attached hydrogens (primary N) is 4. The van der Waals surface area contributed by atoms with Crippen LogP contribution in [-0.4, -0.2) is 126 Å². The van der Waals surface area contributed by atoms with Gasteiger partial charge in [-0.2, -0.15) is 0 Å². The summed E-state index contributed by atoms with van der Waals surface area (Å²) in [4.78, 5) is 12.5. The van der Waals surface area contributed by atoms with E-state index in [4.69, 9.17) is 41.9 Å². The lowest BCUT2D eigenvalue weighted by Crippen LogP contribution is -2.68. The van der Waals surface area contributed by atoms with Crippen LogP contribution in [0.25, 0.3) is 0 Å². The number of rotatable bonds is 13. The average Bonchev–Trinajstić information content (AvgIpc) is 2.93. The Morgan fingerprint density at radius 3 is 2.54 bits per heavy atom. The minimum atomic E-state index is -1.48. The number of carbonyl (C=O) groups excluding carboxylic acids is 1. The van der Waals surface area contributed by atoms with Gasteiger partial charge in [0.1, 0.15) is 36.3 Å². The molecule has 41 heavy (non-hydrogen) atoms. The van der Waals surface area contributed by atoms with Crippen LogP contribution in [0.2, 0.25) is 0 Å². The maximum Gasteiger partial charge on any atom is 0.250 e. The monoisotopic (exact) mass is 590 g/mol. The molecule has 12 atom stereocenters. The first-order chi connectivity index (χ1) is 19.4. The van der Waals surface area contributed by atoms with Gasteiger partial charge in [-0.05, 0) is 51.8 Å². The lowest BCUT2D eigenvalue weighted by molar-refractivity contribution is -0.313. The van der Waals surface area contributed by atoms with E-state index in [1.807, 2.05) is 13.0 Å². The molecule has 2 heterocycles. The fourth-order valence-electron chi connectivity index (χ4n) is 5.59. The van der Waals surface area contributed by atoms with Crippen LogP contribution < -0.4 is 33.6 Å². The van der Waals surface area contributed by atoms with Crippen LogP contribution in [0.1, 0.15) is 39.5 Å². The van der Waals surface area contributed by atoms with Crippen LogP contribution in [0.5, 0.6) is 0 Å². The third-order valence-corrected chi connectivity index (χ3v) is 8.02. The summed E-state index contributed by atoms with van der Waals surface area (Å²) in [5.41, 5.74) is 22.4. The lowest BCUT2D eigenvalue weighted by atomic mass is 9.80. The molecule has 2 fully saturated rings. The normalized spacial score (nSPS) is 40.4. The highest BCUT2D eigenvalue weighted by molar-refractivity contribution is 5.81. The van der Waals surface area contributed by atoms with Gasteiger partial charge in [0.05, 0.1) is 30.8 Å². The van der Waals surface area contributed by atoms with Crippen LogP contribution in [0.4, 0.5) is 0 Å². The fourth-order valence-corrected chi connectivity index (χ4v) is 5.59. The molecule has 1 amide bonds. The molecule has 2 aliphatic heterocycles. The third kappa shape index (κ3) is 8.55. The molecule has 0 aromatic rings. The van der Waals surface area contributed by atoms with Crippen LogP contribution in [0.15, 0.2) is 11.8 Å². The highest BCUT2D eigenvalue weighted by Gasteiger charge is 2.51. The number of aliphatic hydroxyl groups excluding tert-OH is 3. The van der Waals surface area contributed by atoms with Crippen molar-refractivity contribution in [2.45, 2.75) is 106 Å². The number of hydrogen-bond acceptors (Lipinski definition) is 14. The Hall–Kier alpha value is -1.47. The van der Waals surface area contributed by atoms with Crippen molar-refractivity contribution in [1.29, 1.82) is 0 Å². The van der Waals surface area contributed by atoms with Gasteiger partial charge in [0.25, 0.3) is 0 Å². The number of aliphatic hydroxyl groups is 4. The zero-order valence-corrected chi connectivity index (χ0v) is 23.9. The SMILES string of the molecule is CC[C@@H]1[C@@H](O)[C@@H](O[C@@H]2[C@@H](O)[C@H](O[C@H]3OC(CNCCCN)=CC[C@H]3N)[C@@H](N)C[C@H]2NC(=O)[C@H](O)CN)OC[C@]1(C)O. The summed E-state index contributed by atoms with van der Waals surface area (Å²) in [7, 11) is 0. The van der Waals surface area contributed by atoms with Gasteiger partial charge in [-0.3, -0.25) is 4.79 Å². The molecule has 0 spiro atoms. The smallest absolute Gasteiger partial charge is 0.250 e. The van der Waals surface area contributed by atoms with Crippen molar-refractivity contribution in [1.82, 2.24) is 10.6 Å². The topological polar surface area (TPSA) is 263 Å². The second-order valence-corrected chi connectivity index (χ2v) is 11.4. The molecular formula is C26H50N6O9. The lowest BCUT2D eigenvalue weighted by Gasteiger charge is -2.49. The van der Waals surface area contributed by atoms with E-state index in [1.165, 1.54) is 0 Å². The Morgan fingerprint density at radius 1 is 1.17 bits per heavy atom. The maximum absolute atomic E-state index is 12.5. The average molecular weight is 591 g/mol. The summed E-state index contributed by atoms with van der Waals surface area (Å²) in [5.74, 6) is -0.697. The zero-order chi connectivity index (χ0) is 30.3. The molecule has 15 heteroatoms. The standard InChI is InChI=1S/C26H50N6O9/c1-3-14-19(34)25(38-12-26(14,2)37)41-22-17(32-23(36)18(33)10-28)9-16(30)21(20(22)35)40-24-15(29)6-5-13(39-24)11-31-8-4-7-27/h5,14-22,24-25,31,33-35,37H,3-4,6-12,27-30H2,1-2H3,(H,32,36)/t14-,15-,16+,17-,18-,19-,20+,21-,22+,24-,25-,26+/m1/s1. The number of nitrogens with one attached hydrogen (secondary N) is 2. The van der Waals surface area contributed by atoms with Gasteiger partial charge in [0.2, 0.25) is 12.2 Å². The second kappa shape index (κ2) is 15.3.